The Hall–Kier alpha value is -3.57. The lowest BCUT2D eigenvalue weighted by molar-refractivity contribution is -0.137. The molecule has 0 bridgehead atoms. The molecule has 3 aromatic carbocycles. The molecule has 0 spiro atoms. The lowest BCUT2D eigenvalue weighted by atomic mass is 9.90. The first-order valence-electron chi connectivity index (χ1n) is 14.1. The number of hydrogen-bond acceptors (Lipinski definition) is 3. The molecule has 3 rings (SSSR count). The lowest BCUT2D eigenvalue weighted by Gasteiger charge is -2.25. The number of halogens is 4. The fourth-order valence-electron chi connectivity index (χ4n) is 4.71. The van der Waals surface area contributed by atoms with Crippen molar-refractivity contribution in [1.29, 1.82) is 0 Å². The third-order valence-electron chi connectivity index (χ3n) is 6.80. The maximum absolute atomic E-state index is 16.1. The first-order chi connectivity index (χ1) is 19.5. The average Bonchev–Trinajstić information content (AvgIpc) is 2.88. The molecule has 1 unspecified atom stereocenters. The van der Waals surface area contributed by atoms with Crippen molar-refractivity contribution in [1.82, 2.24) is 0 Å². The van der Waals surface area contributed by atoms with E-state index in [0.29, 0.717) is 39.8 Å². The van der Waals surface area contributed by atoms with Crippen LogP contribution < -0.4 is 5.32 Å². The van der Waals surface area contributed by atoms with Crippen molar-refractivity contribution < 1.29 is 27.1 Å². The van der Waals surface area contributed by atoms with E-state index in [4.69, 9.17) is 4.74 Å². The molecule has 0 fully saturated rings. The fourth-order valence-corrected chi connectivity index (χ4v) is 5.21. The van der Waals surface area contributed by atoms with Gasteiger partial charge in [-0.25, -0.2) is 9.18 Å². The van der Waals surface area contributed by atoms with Gasteiger partial charge in [-0.15, -0.1) is 5.54 Å². The molecule has 0 heterocycles. The van der Waals surface area contributed by atoms with Gasteiger partial charge < -0.3 is 10.1 Å². The zero-order valence-electron chi connectivity index (χ0n) is 25.5. The molecule has 0 aliphatic carbocycles. The molecule has 0 saturated carbocycles. The minimum atomic E-state index is -4.47. The first-order valence-corrected chi connectivity index (χ1v) is 17.6. The van der Waals surface area contributed by atoms with E-state index in [1.165, 1.54) is 12.1 Å². The second kappa shape index (κ2) is 13.2. The molecule has 3 aromatic rings. The number of alkyl halides is 3. The molecule has 1 N–H and O–H groups in total. The molecule has 42 heavy (non-hydrogen) atoms. The molecular weight excluding hydrogens is 558 g/mol. The predicted octanol–water partition coefficient (Wildman–Crippen LogP) is 9.73. The highest BCUT2D eigenvalue weighted by molar-refractivity contribution is 6.83. The predicted molar refractivity (Wildman–Crippen MR) is 165 cm³/mol. The number of hydrogen-bond donors (Lipinski definition) is 1. The van der Waals surface area contributed by atoms with Crippen molar-refractivity contribution in [2.45, 2.75) is 72.9 Å². The molecule has 0 saturated heterocycles. The Bertz CT molecular complexity index is 1490. The van der Waals surface area contributed by atoms with Crippen molar-refractivity contribution in [3.05, 3.63) is 87.7 Å². The number of carbonyl (C=O) groups is 1. The minimum Gasteiger partial charge on any atom is -0.462 e. The van der Waals surface area contributed by atoms with Crippen LogP contribution in [0.5, 0.6) is 0 Å². The molecule has 0 aliphatic rings. The Balaban J connectivity index is 2.16. The summed E-state index contributed by atoms with van der Waals surface area (Å²) in [5.41, 5.74) is 6.76. The molecule has 0 radical (unpaired) electrons. The molecule has 3 nitrogen and oxygen atoms in total. The van der Waals surface area contributed by atoms with Gasteiger partial charge in [0.25, 0.3) is 0 Å². The van der Waals surface area contributed by atoms with Crippen molar-refractivity contribution in [2.75, 3.05) is 11.9 Å². The lowest BCUT2D eigenvalue weighted by Crippen LogP contribution is -2.18. The van der Waals surface area contributed by atoms with Crippen LogP contribution in [0.3, 0.4) is 0 Å². The van der Waals surface area contributed by atoms with Crippen molar-refractivity contribution in [3.63, 3.8) is 0 Å². The zero-order valence-corrected chi connectivity index (χ0v) is 26.5. The van der Waals surface area contributed by atoms with E-state index in [-0.39, 0.29) is 24.3 Å². The smallest absolute Gasteiger partial charge is 0.416 e. The van der Waals surface area contributed by atoms with Gasteiger partial charge in [0.05, 0.1) is 35.0 Å². The monoisotopic (exact) mass is 597 g/mol. The third kappa shape index (κ3) is 8.25. The Morgan fingerprint density at radius 1 is 1.00 bits per heavy atom. The van der Waals surface area contributed by atoms with E-state index < -0.39 is 31.6 Å². The number of rotatable bonds is 8. The first kappa shape index (κ1) is 32.9. The van der Waals surface area contributed by atoms with Gasteiger partial charge in [0.2, 0.25) is 0 Å². The molecule has 8 heteroatoms. The number of nitrogens with one attached hydrogen (secondary N) is 1. The fraction of sp³-hybridized carbons (Fsp3) is 0.382. The van der Waals surface area contributed by atoms with Crippen LogP contribution in [0, 0.1) is 37.0 Å². The average molecular weight is 598 g/mol. The summed E-state index contributed by atoms with van der Waals surface area (Å²) in [7, 11) is -1.87. The summed E-state index contributed by atoms with van der Waals surface area (Å²) in [6.45, 7) is 15.9. The number of esters is 1. The van der Waals surface area contributed by atoms with Crippen LogP contribution in [0.2, 0.25) is 19.6 Å². The Labute approximate surface area is 247 Å². The highest BCUT2D eigenvalue weighted by Crippen LogP contribution is 2.39. The topological polar surface area (TPSA) is 38.3 Å². The summed E-state index contributed by atoms with van der Waals surface area (Å²) >= 11 is 0. The number of benzene rings is 3. The van der Waals surface area contributed by atoms with E-state index >= 15 is 4.39 Å². The Kier molecular flexibility index (Phi) is 10.3. The van der Waals surface area contributed by atoms with Gasteiger partial charge in [-0.1, -0.05) is 57.6 Å². The number of carbonyl (C=O) groups excluding carboxylic acids is 1. The molecule has 0 amide bonds. The van der Waals surface area contributed by atoms with Crippen LogP contribution in [-0.4, -0.2) is 20.7 Å². The highest BCUT2D eigenvalue weighted by atomic mass is 28.3. The zero-order chi connectivity index (χ0) is 31.4. The Morgan fingerprint density at radius 2 is 1.64 bits per heavy atom. The summed E-state index contributed by atoms with van der Waals surface area (Å²) in [5.74, 6) is 2.57. The van der Waals surface area contributed by atoms with Crippen molar-refractivity contribution >= 4 is 19.7 Å². The van der Waals surface area contributed by atoms with Crippen LogP contribution in [-0.2, 0) is 10.9 Å². The van der Waals surface area contributed by atoms with E-state index in [1.54, 1.807) is 26.0 Å². The highest BCUT2D eigenvalue weighted by Gasteiger charge is 2.31. The van der Waals surface area contributed by atoms with Gasteiger partial charge in [-0.3, -0.25) is 0 Å². The number of aryl methyl sites for hydroxylation is 1. The summed E-state index contributed by atoms with van der Waals surface area (Å²) in [6.07, 6.45) is -3.79. The van der Waals surface area contributed by atoms with Gasteiger partial charge in [0.15, 0.2) is 0 Å². The number of ether oxygens (including phenoxy) is 1. The van der Waals surface area contributed by atoms with Crippen LogP contribution in [0.15, 0.2) is 48.5 Å². The Morgan fingerprint density at radius 3 is 2.17 bits per heavy atom. The molecule has 0 aliphatic heterocycles. The second-order valence-electron chi connectivity index (χ2n) is 12.0. The van der Waals surface area contributed by atoms with Gasteiger partial charge in [-0.05, 0) is 91.3 Å². The van der Waals surface area contributed by atoms with Crippen molar-refractivity contribution in [3.8, 4) is 22.6 Å². The van der Waals surface area contributed by atoms with Crippen LogP contribution in [0.25, 0.3) is 11.1 Å². The SMILES string of the molecule is CCOC(=O)c1ccc(C(CC(C)C)Nc2c(F)cc(-c3ccc(C(F)(F)F)cc3C)c(C)c2C#C[Si](C)(C)C)cc1. The molecule has 0 aromatic heterocycles. The van der Waals surface area contributed by atoms with Gasteiger partial charge in [0, 0.05) is 0 Å². The normalized spacial score (nSPS) is 12.5. The third-order valence-corrected chi connectivity index (χ3v) is 7.67. The minimum absolute atomic E-state index is 0.256. The standard InChI is InChI=1S/C34H39F4NO2Si/c1-9-41-33(40)25-12-10-24(11-13-25)31(18-21(2)3)39-32-28(16-17-42(6,7)8)23(5)29(20-30(32)35)27-15-14-26(19-22(27)4)34(36,37)38/h10-15,19-21,31,39H,9,18H2,1-8H3. The quantitative estimate of drug-likeness (QED) is 0.122. The van der Waals surface area contributed by atoms with Crippen LogP contribution >= 0.6 is 0 Å². The van der Waals surface area contributed by atoms with Gasteiger partial charge >= 0.3 is 12.1 Å². The van der Waals surface area contributed by atoms with Crippen molar-refractivity contribution in [2.24, 2.45) is 5.92 Å². The summed E-state index contributed by atoms with van der Waals surface area (Å²) in [4.78, 5) is 12.2. The largest absolute Gasteiger partial charge is 0.462 e. The van der Waals surface area contributed by atoms with Gasteiger partial charge in [-0.2, -0.15) is 13.2 Å². The maximum atomic E-state index is 16.1. The molecule has 1 atom stereocenters. The summed E-state index contributed by atoms with van der Waals surface area (Å²) in [5, 5.41) is 3.41. The summed E-state index contributed by atoms with van der Waals surface area (Å²) < 4.78 is 61.1. The molecule has 224 valence electrons. The second-order valence-corrected chi connectivity index (χ2v) is 16.7. The van der Waals surface area contributed by atoms with E-state index in [9.17, 15) is 18.0 Å². The van der Waals surface area contributed by atoms with E-state index in [1.807, 2.05) is 19.1 Å². The van der Waals surface area contributed by atoms with Gasteiger partial charge in [0.1, 0.15) is 13.9 Å². The van der Waals surface area contributed by atoms with Crippen LogP contribution in [0.4, 0.5) is 23.2 Å². The molecular formula is C34H39F4NO2Si. The summed E-state index contributed by atoms with van der Waals surface area (Å²) in [6, 6.07) is 11.7. The van der Waals surface area contributed by atoms with E-state index in [0.717, 1.165) is 17.7 Å². The van der Waals surface area contributed by atoms with E-state index in [2.05, 4.69) is 50.3 Å². The maximum Gasteiger partial charge on any atom is 0.416 e. The van der Waals surface area contributed by atoms with Crippen LogP contribution in [0.1, 0.15) is 71.4 Å². The number of anilines is 1.